The van der Waals surface area contributed by atoms with Crippen molar-refractivity contribution >= 4 is 11.6 Å². The third-order valence-corrected chi connectivity index (χ3v) is 3.00. The van der Waals surface area contributed by atoms with Gasteiger partial charge in [-0.2, -0.15) is 0 Å². The van der Waals surface area contributed by atoms with Gasteiger partial charge in [-0.1, -0.05) is 17.7 Å². The maximum absolute atomic E-state index is 6.22. The molecule has 0 amide bonds. The van der Waals surface area contributed by atoms with E-state index in [0.717, 1.165) is 16.3 Å². The van der Waals surface area contributed by atoms with Gasteiger partial charge in [-0.25, -0.2) is 0 Å². The minimum atomic E-state index is 0.232. The van der Waals surface area contributed by atoms with E-state index in [1.807, 2.05) is 39.1 Å². The van der Waals surface area contributed by atoms with Gasteiger partial charge in [0.2, 0.25) is 0 Å². The molecule has 0 fully saturated rings. The molecule has 1 aromatic rings. The van der Waals surface area contributed by atoms with Gasteiger partial charge in [-0.15, -0.1) is 0 Å². The molecule has 0 bridgehead atoms. The molecule has 1 rings (SSSR count). The Kier molecular flexibility index (Phi) is 6.47. The van der Waals surface area contributed by atoms with Crippen LogP contribution in [0.15, 0.2) is 18.2 Å². The molecule has 3 nitrogen and oxygen atoms in total. The van der Waals surface area contributed by atoms with Gasteiger partial charge in [0.15, 0.2) is 0 Å². The van der Waals surface area contributed by atoms with Gasteiger partial charge in [-0.05, 0) is 45.5 Å². The normalized spacial score (nSPS) is 12.8. The van der Waals surface area contributed by atoms with Crippen molar-refractivity contribution < 1.29 is 9.47 Å². The number of hydrogen-bond donors (Lipinski definition) is 1. The highest BCUT2D eigenvalue weighted by molar-refractivity contribution is 6.31. The summed E-state index contributed by atoms with van der Waals surface area (Å²) >= 11 is 6.22. The van der Waals surface area contributed by atoms with Crippen molar-refractivity contribution in [1.82, 2.24) is 5.32 Å². The largest absolute Gasteiger partial charge is 0.491 e. The fraction of sp³-hybridized carbons (Fsp3) is 0.571. The van der Waals surface area contributed by atoms with Gasteiger partial charge in [0, 0.05) is 11.1 Å². The van der Waals surface area contributed by atoms with Crippen LogP contribution in [0.4, 0.5) is 0 Å². The van der Waals surface area contributed by atoms with E-state index in [1.54, 1.807) is 0 Å². The van der Waals surface area contributed by atoms with Gasteiger partial charge < -0.3 is 14.8 Å². The highest BCUT2D eigenvalue weighted by Gasteiger charge is 2.08. The second-order valence-electron chi connectivity index (χ2n) is 4.46. The lowest BCUT2D eigenvalue weighted by atomic mass is 10.1. The third-order valence-electron chi connectivity index (χ3n) is 2.67. The van der Waals surface area contributed by atoms with Gasteiger partial charge in [0.25, 0.3) is 0 Å². The maximum Gasteiger partial charge on any atom is 0.120 e. The fourth-order valence-corrected chi connectivity index (χ4v) is 1.88. The van der Waals surface area contributed by atoms with E-state index >= 15 is 0 Å². The zero-order chi connectivity index (χ0) is 13.5. The molecule has 0 radical (unpaired) electrons. The van der Waals surface area contributed by atoms with E-state index in [2.05, 4.69) is 12.2 Å². The van der Waals surface area contributed by atoms with Crippen LogP contribution in [-0.4, -0.2) is 26.4 Å². The van der Waals surface area contributed by atoms with Crippen molar-refractivity contribution in [2.75, 3.05) is 20.3 Å². The summed E-state index contributed by atoms with van der Waals surface area (Å²) in [5, 5.41) is 3.88. The van der Waals surface area contributed by atoms with E-state index in [9.17, 15) is 0 Å². The number of halogens is 1. The van der Waals surface area contributed by atoms with E-state index in [4.69, 9.17) is 21.1 Å². The van der Waals surface area contributed by atoms with Crippen molar-refractivity contribution in [1.29, 1.82) is 0 Å². The predicted molar refractivity (Wildman–Crippen MR) is 75.5 cm³/mol. The third kappa shape index (κ3) is 4.84. The first-order chi connectivity index (χ1) is 8.54. The molecule has 0 spiro atoms. The molecular formula is C14H22ClNO2. The molecule has 0 aliphatic rings. The molecule has 1 N–H and O–H groups in total. The van der Waals surface area contributed by atoms with Gasteiger partial charge in [0.05, 0.1) is 12.7 Å². The summed E-state index contributed by atoms with van der Waals surface area (Å²) in [5.74, 6) is 0.777. The highest BCUT2D eigenvalue weighted by Crippen LogP contribution is 2.27. The minimum Gasteiger partial charge on any atom is -0.491 e. The Labute approximate surface area is 114 Å². The van der Waals surface area contributed by atoms with E-state index < -0.39 is 0 Å². The van der Waals surface area contributed by atoms with Crippen molar-refractivity contribution in [3.8, 4) is 5.75 Å². The topological polar surface area (TPSA) is 30.5 Å². The molecule has 0 heterocycles. The Morgan fingerprint density at radius 3 is 2.50 bits per heavy atom. The minimum absolute atomic E-state index is 0.232. The molecule has 102 valence electrons. The average molecular weight is 272 g/mol. The summed E-state index contributed by atoms with van der Waals surface area (Å²) in [6, 6.07) is 6.00. The summed E-state index contributed by atoms with van der Waals surface area (Å²) in [5.41, 5.74) is 1.07. The van der Waals surface area contributed by atoms with Crippen LogP contribution < -0.4 is 10.1 Å². The number of hydrogen-bond acceptors (Lipinski definition) is 3. The molecule has 0 aliphatic carbocycles. The monoisotopic (exact) mass is 271 g/mol. The van der Waals surface area contributed by atoms with Gasteiger partial charge >= 0.3 is 0 Å². The standard InChI is InChI=1S/C14H22ClNO2/c1-10(2)17-7-8-18-12-5-6-13(11(3)16-4)14(15)9-12/h5-6,9-11,16H,7-8H2,1-4H3. The van der Waals surface area contributed by atoms with Crippen LogP contribution in [0.25, 0.3) is 0 Å². The zero-order valence-electron chi connectivity index (χ0n) is 11.5. The molecule has 1 aromatic carbocycles. The Balaban J connectivity index is 2.51. The number of ether oxygens (including phenoxy) is 2. The van der Waals surface area contributed by atoms with Crippen molar-refractivity contribution in [2.24, 2.45) is 0 Å². The second-order valence-corrected chi connectivity index (χ2v) is 4.87. The summed E-state index contributed by atoms with van der Waals surface area (Å²) in [6.07, 6.45) is 0.232. The molecule has 4 heteroatoms. The summed E-state index contributed by atoms with van der Waals surface area (Å²) < 4.78 is 11.0. The maximum atomic E-state index is 6.22. The van der Waals surface area contributed by atoms with Crippen LogP contribution in [0.1, 0.15) is 32.4 Å². The Hall–Kier alpha value is -0.770. The van der Waals surface area contributed by atoms with E-state index in [0.29, 0.717) is 13.2 Å². The second kappa shape index (κ2) is 7.62. The van der Waals surface area contributed by atoms with E-state index in [-0.39, 0.29) is 12.1 Å². The lowest BCUT2D eigenvalue weighted by Gasteiger charge is -2.14. The Bertz CT molecular complexity index is 369. The lowest BCUT2D eigenvalue weighted by Crippen LogP contribution is -2.13. The molecule has 1 atom stereocenters. The van der Waals surface area contributed by atoms with E-state index in [1.165, 1.54) is 0 Å². The van der Waals surface area contributed by atoms with Gasteiger partial charge in [-0.3, -0.25) is 0 Å². The molecule has 18 heavy (non-hydrogen) atoms. The molecule has 1 unspecified atom stereocenters. The predicted octanol–water partition coefficient (Wildman–Crippen LogP) is 3.42. The van der Waals surface area contributed by atoms with Crippen LogP contribution in [-0.2, 0) is 4.74 Å². The molecule has 0 saturated carbocycles. The molecular weight excluding hydrogens is 250 g/mol. The van der Waals surface area contributed by atoms with Crippen LogP contribution in [0.2, 0.25) is 5.02 Å². The average Bonchev–Trinajstić information content (AvgIpc) is 2.33. The lowest BCUT2D eigenvalue weighted by molar-refractivity contribution is 0.0552. The zero-order valence-corrected chi connectivity index (χ0v) is 12.3. The van der Waals surface area contributed by atoms with Crippen molar-refractivity contribution in [3.05, 3.63) is 28.8 Å². The first-order valence-electron chi connectivity index (χ1n) is 6.25. The molecule has 0 aliphatic heterocycles. The van der Waals surface area contributed by atoms with Crippen LogP contribution >= 0.6 is 11.6 Å². The SMILES string of the molecule is CNC(C)c1ccc(OCCOC(C)C)cc1Cl. The molecule has 0 saturated heterocycles. The number of rotatable bonds is 7. The number of nitrogens with one attached hydrogen (secondary N) is 1. The van der Waals surface area contributed by atoms with Crippen LogP contribution in [0.5, 0.6) is 5.75 Å². The van der Waals surface area contributed by atoms with Gasteiger partial charge in [0.1, 0.15) is 12.4 Å². The smallest absolute Gasteiger partial charge is 0.120 e. The Morgan fingerprint density at radius 1 is 1.22 bits per heavy atom. The summed E-state index contributed by atoms with van der Waals surface area (Å²) in [6.45, 7) is 7.20. The number of benzene rings is 1. The van der Waals surface area contributed by atoms with Crippen LogP contribution in [0, 0.1) is 0 Å². The van der Waals surface area contributed by atoms with Crippen LogP contribution in [0.3, 0.4) is 0 Å². The quantitative estimate of drug-likeness (QED) is 0.771. The first kappa shape index (κ1) is 15.3. The molecule has 0 aromatic heterocycles. The summed E-state index contributed by atoms with van der Waals surface area (Å²) in [7, 11) is 1.91. The highest BCUT2D eigenvalue weighted by atomic mass is 35.5. The summed E-state index contributed by atoms with van der Waals surface area (Å²) in [4.78, 5) is 0. The first-order valence-corrected chi connectivity index (χ1v) is 6.63. The Morgan fingerprint density at radius 2 is 1.94 bits per heavy atom. The fourth-order valence-electron chi connectivity index (χ4n) is 1.55. The van der Waals surface area contributed by atoms with Crippen molar-refractivity contribution in [2.45, 2.75) is 32.9 Å². The van der Waals surface area contributed by atoms with Crippen molar-refractivity contribution in [3.63, 3.8) is 0 Å².